The van der Waals surface area contributed by atoms with E-state index in [0.29, 0.717) is 5.92 Å². The molecule has 0 spiro atoms. The van der Waals surface area contributed by atoms with Crippen LogP contribution in [0.5, 0.6) is 0 Å². The minimum Gasteiger partial charge on any atom is -0.361 e. The Kier molecular flexibility index (Phi) is 4.10. The lowest BCUT2D eigenvalue weighted by molar-refractivity contribution is 0.340. The van der Waals surface area contributed by atoms with E-state index in [1.165, 1.54) is 56.0 Å². The second-order valence-corrected chi connectivity index (χ2v) is 7.38. The number of nitrogens with one attached hydrogen (secondary N) is 2. The van der Waals surface area contributed by atoms with Gasteiger partial charge in [0, 0.05) is 17.1 Å². The Morgan fingerprint density at radius 3 is 2.87 bits per heavy atom. The van der Waals surface area contributed by atoms with Crippen LogP contribution in [0.4, 0.5) is 0 Å². The van der Waals surface area contributed by atoms with E-state index in [4.69, 9.17) is 5.26 Å². The summed E-state index contributed by atoms with van der Waals surface area (Å²) in [5, 5.41) is 14.1. The Morgan fingerprint density at radius 1 is 1.17 bits per heavy atom. The first-order valence-corrected chi connectivity index (χ1v) is 9.07. The molecule has 2 fully saturated rings. The van der Waals surface area contributed by atoms with Gasteiger partial charge in [0.1, 0.15) is 0 Å². The van der Waals surface area contributed by atoms with Crippen LogP contribution in [-0.2, 0) is 0 Å². The van der Waals surface area contributed by atoms with Crippen molar-refractivity contribution in [1.82, 2.24) is 10.3 Å². The Bertz CT molecular complexity index is 718. The Labute approximate surface area is 138 Å². The van der Waals surface area contributed by atoms with Crippen molar-refractivity contribution >= 4 is 10.9 Å². The molecule has 0 saturated heterocycles. The van der Waals surface area contributed by atoms with Gasteiger partial charge in [-0.1, -0.05) is 19.3 Å². The van der Waals surface area contributed by atoms with Crippen molar-refractivity contribution in [3.63, 3.8) is 0 Å². The summed E-state index contributed by atoms with van der Waals surface area (Å²) < 4.78 is 0. The minimum atomic E-state index is 0.663. The topological polar surface area (TPSA) is 51.6 Å². The van der Waals surface area contributed by atoms with E-state index in [2.05, 4.69) is 22.6 Å². The highest BCUT2D eigenvalue weighted by Gasteiger charge is 2.39. The van der Waals surface area contributed by atoms with Crippen LogP contribution in [0.25, 0.3) is 10.9 Å². The number of H-pyrrole nitrogens is 1. The zero-order chi connectivity index (χ0) is 15.6. The van der Waals surface area contributed by atoms with Crippen molar-refractivity contribution < 1.29 is 0 Å². The molecule has 0 bridgehead atoms. The molecule has 0 aliphatic heterocycles. The van der Waals surface area contributed by atoms with E-state index in [1.807, 2.05) is 18.2 Å². The summed E-state index contributed by atoms with van der Waals surface area (Å²) in [7, 11) is 0. The van der Waals surface area contributed by atoms with E-state index in [1.54, 1.807) is 0 Å². The molecule has 3 heteroatoms. The first kappa shape index (κ1) is 14.8. The molecule has 0 amide bonds. The minimum absolute atomic E-state index is 0.663. The van der Waals surface area contributed by atoms with Gasteiger partial charge in [0.2, 0.25) is 0 Å². The summed E-state index contributed by atoms with van der Waals surface area (Å²) in [5.41, 5.74) is 3.31. The second-order valence-electron chi connectivity index (χ2n) is 7.38. The van der Waals surface area contributed by atoms with Crippen molar-refractivity contribution in [2.75, 3.05) is 13.1 Å². The fourth-order valence-corrected chi connectivity index (χ4v) is 4.24. The molecule has 120 valence electrons. The smallest absolute Gasteiger partial charge is 0.0991 e. The van der Waals surface area contributed by atoms with Gasteiger partial charge in [0.25, 0.3) is 0 Å². The van der Waals surface area contributed by atoms with E-state index < -0.39 is 0 Å². The fraction of sp³-hybridized carbons (Fsp3) is 0.550. The van der Waals surface area contributed by atoms with Crippen LogP contribution in [0.2, 0.25) is 0 Å². The van der Waals surface area contributed by atoms with Crippen molar-refractivity contribution in [3.8, 4) is 6.07 Å². The zero-order valence-corrected chi connectivity index (χ0v) is 13.6. The maximum Gasteiger partial charge on any atom is 0.0991 e. The van der Waals surface area contributed by atoms with Crippen molar-refractivity contribution in [3.05, 3.63) is 35.5 Å². The van der Waals surface area contributed by atoms with E-state index >= 15 is 0 Å². The largest absolute Gasteiger partial charge is 0.361 e. The Balaban J connectivity index is 1.34. The number of nitriles is 1. The molecule has 2 aliphatic carbocycles. The number of rotatable bonds is 5. The van der Waals surface area contributed by atoms with Gasteiger partial charge in [-0.15, -0.1) is 0 Å². The summed E-state index contributed by atoms with van der Waals surface area (Å²) in [4.78, 5) is 3.36. The lowest BCUT2D eigenvalue weighted by Gasteiger charge is -2.21. The van der Waals surface area contributed by atoms with E-state index in [9.17, 15) is 0 Å². The summed E-state index contributed by atoms with van der Waals surface area (Å²) in [6.45, 7) is 2.35. The average Bonchev–Trinajstić information content (AvgIpc) is 3.24. The molecule has 0 unspecified atom stereocenters. The number of benzene rings is 1. The van der Waals surface area contributed by atoms with Gasteiger partial charge in [-0.25, -0.2) is 0 Å². The molecule has 2 atom stereocenters. The third kappa shape index (κ3) is 3.14. The van der Waals surface area contributed by atoms with Crippen LogP contribution in [0, 0.1) is 23.2 Å². The van der Waals surface area contributed by atoms with Gasteiger partial charge in [-0.05, 0) is 73.9 Å². The molecular weight excluding hydrogens is 282 g/mol. The number of aromatic amines is 1. The highest BCUT2D eigenvalue weighted by Crippen LogP contribution is 2.49. The van der Waals surface area contributed by atoms with Crippen molar-refractivity contribution in [1.29, 1.82) is 5.26 Å². The van der Waals surface area contributed by atoms with Crippen LogP contribution >= 0.6 is 0 Å². The van der Waals surface area contributed by atoms with E-state index in [-0.39, 0.29) is 0 Å². The normalized spacial score (nSPS) is 24.7. The molecule has 2 aromatic rings. The molecule has 0 radical (unpaired) electrons. The molecular formula is C20H25N3. The van der Waals surface area contributed by atoms with Gasteiger partial charge >= 0.3 is 0 Å². The highest BCUT2D eigenvalue weighted by molar-refractivity contribution is 5.85. The predicted molar refractivity (Wildman–Crippen MR) is 93.3 cm³/mol. The number of fused-ring (bicyclic) bond motifs is 1. The molecule has 1 aromatic carbocycles. The Morgan fingerprint density at radius 2 is 2.04 bits per heavy atom. The van der Waals surface area contributed by atoms with Gasteiger partial charge in [0.05, 0.1) is 11.6 Å². The third-order valence-corrected chi connectivity index (χ3v) is 5.73. The predicted octanol–water partition coefficient (Wildman–Crippen LogP) is 4.31. The monoisotopic (exact) mass is 307 g/mol. The molecule has 2 saturated carbocycles. The first-order valence-electron chi connectivity index (χ1n) is 9.07. The van der Waals surface area contributed by atoms with Gasteiger partial charge in [-0.2, -0.15) is 5.26 Å². The van der Waals surface area contributed by atoms with Gasteiger partial charge in [-0.3, -0.25) is 0 Å². The molecule has 2 N–H and O–H groups in total. The average molecular weight is 307 g/mol. The summed E-state index contributed by atoms with van der Waals surface area (Å²) in [5.74, 6) is 2.34. The molecule has 1 aromatic heterocycles. The van der Waals surface area contributed by atoms with Gasteiger partial charge < -0.3 is 10.3 Å². The molecule has 3 nitrogen and oxygen atoms in total. The van der Waals surface area contributed by atoms with Crippen LogP contribution in [0.1, 0.15) is 55.6 Å². The summed E-state index contributed by atoms with van der Waals surface area (Å²) in [6, 6.07) is 8.20. The number of nitrogens with zero attached hydrogens (tertiary/aromatic N) is 1. The molecule has 1 heterocycles. The van der Waals surface area contributed by atoms with Crippen LogP contribution in [-0.4, -0.2) is 18.1 Å². The van der Waals surface area contributed by atoms with Crippen LogP contribution in [0.3, 0.4) is 0 Å². The van der Waals surface area contributed by atoms with Crippen LogP contribution in [0.15, 0.2) is 24.4 Å². The lowest BCUT2D eigenvalue weighted by Crippen LogP contribution is -2.26. The Hall–Kier alpha value is -1.79. The van der Waals surface area contributed by atoms with E-state index in [0.717, 1.165) is 29.5 Å². The second kappa shape index (κ2) is 6.37. The number of aromatic nitrogens is 1. The van der Waals surface area contributed by atoms with Crippen molar-refractivity contribution in [2.24, 2.45) is 11.8 Å². The maximum absolute atomic E-state index is 9.10. The maximum atomic E-state index is 9.10. The molecule has 2 aliphatic rings. The fourth-order valence-electron chi connectivity index (χ4n) is 4.24. The highest BCUT2D eigenvalue weighted by atomic mass is 14.9. The number of hydrogen-bond acceptors (Lipinski definition) is 2. The quantitative estimate of drug-likeness (QED) is 0.864. The molecule has 23 heavy (non-hydrogen) atoms. The summed E-state index contributed by atoms with van der Waals surface area (Å²) >= 11 is 0. The van der Waals surface area contributed by atoms with Gasteiger partial charge in [0.15, 0.2) is 0 Å². The standard InChI is InChI=1S/C20H25N3/c21-10-15-6-7-20-18(8-15)19(13-23-20)17-9-16(17)12-22-11-14-4-2-1-3-5-14/h6-8,13-14,16-17,22-23H,1-5,9,11-12H2/t16-,17+/m0/s1. The SMILES string of the molecule is N#Cc1ccc2[nH]cc([C@@H]3C[C@H]3CNCC3CCCCC3)c2c1. The van der Waals surface area contributed by atoms with Crippen LogP contribution < -0.4 is 5.32 Å². The number of hydrogen-bond donors (Lipinski definition) is 2. The summed E-state index contributed by atoms with van der Waals surface area (Å²) in [6.07, 6.45) is 10.6. The molecule has 4 rings (SSSR count). The first-order chi connectivity index (χ1) is 11.3. The third-order valence-electron chi connectivity index (χ3n) is 5.73. The lowest BCUT2D eigenvalue weighted by atomic mass is 9.89. The zero-order valence-electron chi connectivity index (χ0n) is 13.6. The van der Waals surface area contributed by atoms with Crippen molar-refractivity contribution in [2.45, 2.75) is 44.4 Å².